The summed E-state index contributed by atoms with van der Waals surface area (Å²) in [7, 11) is 0. The molecule has 3 aromatic heterocycles. The number of hydrogen-bond acceptors (Lipinski definition) is 7. The largest absolute Gasteiger partial charge is 0.422 e. The summed E-state index contributed by atoms with van der Waals surface area (Å²) in [6.07, 6.45) is 4.59. The van der Waals surface area contributed by atoms with E-state index in [0.717, 1.165) is 24.4 Å². The van der Waals surface area contributed by atoms with Crippen LogP contribution in [0.4, 0.5) is 5.82 Å². The first-order valence-electron chi connectivity index (χ1n) is 8.31. The summed E-state index contributed by atoms with van der Waals surface area (Å²) in [5.41, 5.74) is 4.78. The summed E-state index contributed by atoms with van der Waals surface area (Å²) in [5, 5.41) is 3.29. The highest BCUT2D eigenvalue weighted by Gasteiger charge is 2.16. The summed E-state index contributed by atoms with van der Waals surface area (Å²) < 4.78 is 5.50. The van der Waals surface area contributed by atoms with Gasteiger partial charge in [0, 0.05) is 18.3 Å². The van der Waals surface area contributed by atoms with Crippen LogP contribution in [0.5, 0.6) is 0 Å². The molecule has 1 aliphatic carbocycles. The molecule has 0 saturated heterocycles. The summed E-state index contributed by atoms with van der Waals surface area (Å²) in [4.78, 5) is 22.5. The van der Waals surface area contributed by atoms with E-state index in [1.54, 1.807) is 6.92 Å². The van der Waals surface area contributed by atoms with Crippen molar-refractivity contribution in [1.29, 1.82) is 0 Å². The van der Waals surface area contributed by atoms with Crippen LogP contribution in [0.3, 0.4) is 0 Å². The molecule has 0 aromatic carbocycles. The SMILES string of the molecule is Cc1nc(NCc2nc(C)c3c(n2)CCCC3)c2nc(C)oc2n1. The van der Waals surface area contributed by atoms with Crippen LogP contribution in [-0.2, 0) is 19.4 Å². The highest BCUT2D eigenvalue weighted by molar-refractivity contribution is 5.81. The Hall–Kier alpha value is -2.57. The molecule has 0 unspecified atom stereocenters. The Morgan fingerprint density at radius 2 is 1.79 bits per heavy atom. The number of anilines is 1. The van der Waals surface area contributed by atoms with Gasteiger partial charge in [-0.2, -0.15) is 4.98 Å². The number of hydrogen-bond donors (Lipinski definition) is 1. The molecule has 24 heavy (non-hydrogen) atoms. The zero-order chi connectivity index (χ0) is 16.7. The van der Waals surface area contributed by atoms with Gasteiger partial charge in [0.25, 0.3) is 5.71 Å². The number of oxazole rings is 1. The van der Waals surface area contributed by atoms with Gasteiger partial charge in [-0.05, 0) is 45.1 Å². The Labute approximate surface area is 140 Å². The second kappa shape index (κ2) is 5.81. The van der Waals surface area contributed by atoms with E-state index in [1.165, 1.54) is 24.1 Å². The van der Waals surface area contributed by atoms with Gasteiger partial charge >= 0.3 is 0 Å². The van der Waals surface area contributed by atoms with Crippen molar-refractivity contribution in [3.63, 3.8) is 0 Å². The molecule has 7 heteroatoms. The zero-order valence-electron chi connectivity index (χ0n) is 14.2. The molecule has 1 N–H and O–H groups in total. The number of nitrogens with zero attached hydrogens (tertiary/aromatic N) is 5. The summed E-state index contributed by atoms with van der Waals surface area (Å²) in [6, 6.07) is 0. The Balaban J connectivity index is 1.62. The van der Waals surface area contributed by atoms with Crippen molar-refractivity contribution < 1.29 is 4.42 Å². The summed E-state index contributed by atoms with van der Waals surface area (Å²) in [5.74, 6) is 2.67. The lowest BCUT2D eigenvalue weighted by Gasteiger charge is -2.17. The van der Waals surface area contributed by atoms with Crippen LogP contribution in [-0.4, -0.2) is 24.9 Å². The van der Waals surface area contributed by atoms with E-state index < -0.39 is 0 Å². The molecule has 7 nitrogen and oxygen atoms in total. The van der Waals surface area contributed by atoms with Crippen LogP contribution in [0.25, 0.3) is 11.2 Å². The lowest BCUT2D eigenvalue weighted by Crippen LogP contribution is -2.14. The molecule has 0 spiro atoms. The molecule has 4 rings (SSSR count). The molecule has 0 aliphatic heterocycles. The fourth-order valence-corrected chi connectivity index (χ4v) is 3.24. The van der Waals surface area contributed by atoms with E-state index in [0.29, 0.717) is 35.3 Å². The maximum Gasteiger partial charge on any atom is 0.252 e. The van der Waals surface area contributed by atoms with Crippen molar-refractivity contribution in [2.24, 2.45) is 0 Å². The fourth-order valence-electron chi connectivity index (χ4n) is 3.24. The Kier molecular flexibility index (Phi) is 3.63. The van der Waals surface area contributed by atoms with Gasteiger partial charge in [0.05, 0.1) is 6.54 Å². The zero-order valence-corrected chi connectivity index (χ0v) is 14.2. The predicted octanol–water partition coefficient (Wildman–Crippen LogP) is 2.82. The summed E-state index contributed by atoms with van der Waals surface area (Å²) in [6.45, 7) is 6.22. The van der Waals surface area contributed by atoms with Gasteiger partial charge in [-0.15, -0.1) is 0 Å². The monoisotopic (exact) mass is 324 g/mol. The molecule has 0 radical (unpaired) electrons. The molecule has 3 heterocycles. The molecular weight excluding hydrogens is 304 g/mol. The maximum absolute atomic E-state index is 5.50. The lowest BCUT2D eigenvalue weighted by molar-refractivity contribution is 0.550. The van der Waals surface area contributed by atoms with Crippen LogP contribution >= 0.6 is 0 Å². The minimum Gasteiger partial charge on any atom is -0.422 e. The number of aryl methyl sites for hydroxylation is 4. The number of aromatic nitrogens is 5. The highest BCUT2D eigenvalue weighted by atomic mass is 16.4. The van der Waals surface area contributed by atoms with E-state index >= 15 is 0 Å². The van der Waals surface area contributed by atoms with Gasteiger partial charge in [0.1, 0.15) is 11.6 Å². The predicted molar refractivity (Wildman–Crippen MR) is 89.8 cm³/mol. The summed E-state index contributed by atoms with van der Waals surface area (Å²) >= 11 is 0. The third-order valence-electron chi connectivity index (χ3n) is 4.33. The topological polar surface area (TPSA) is 89.6 Å². The lowest BCUT2D eigenvalue weighted by atomic mass is 9.95. The molecule has 0 bridgehead atoms. The Bertz CT molecular complexity index is 917. The standard InChI is InChI=1S/C17H20N6O/c1-9-12-6-4-5-7-13(12)23-14(19-9)8-18-16-15-17(21-10(2)20-16)24-11(3)22-15/h4-8H2,1-3H3,(H,18,20,21). The average molecular weight is 324 g/mol. The molecule has 0 amide bonds. The average Bonchev–Trinajstić information content (AvgIpc) is 2.93. The van der Waals surface area contributed by atoms with Crippen LogP contribution < -0.4 is 5.32 Å². The van der Waals surface area contributed by atoms with Crippen molar-refractivity contribution in [2.45, 2.75) is 53.0 Å². The van der Waals surface area contributed by atoms with E-state index in [9.17, 15) is 0 Å². The molecule has 0 atom stereocenters. The van der Waals surface area contributed by atoms with Crippen LogP contribution in [0.15, 0.2) is 4.42 Å². The molecule has 1 aliphatic rings. The van der Waals surface area contributed by atoms with Crippen LogP contribution in [0.1, 0.15) is 47.3 Å². The van der Waals surface area contributed by atoms with Crippen molar-refractivity contribution in [2.75, 3.05) is 5.32 Å². The third kappa shape index (κ3) is 2.70. The molecule has 0 saturated carbocycles. The minimum absolute atomic E-state index is 0.505. The Morgan fingerprint density at radius 3 is 2.67 bits per heavy atom. The van der Waals surface area contributed by atoms with Crippen molar-refractivity contribution >= 4 is 17.0 Å². The van der Waals surface area contributed by atoms with Gasteiger partial charge in [0.15, 0.2) is 17.2 Å². The number of nitrogens with one attached hydrogen (secondary N) is 1. The molecule has 124 valence electrons. The van der Waals surface area contributed by atoms with E-state index in [2.05, 4.69) is 32.2 Å². The minimum atomic E-state index is 0.505. The van der Waals surface area contributed by atoms with E-state index in [1.807, 2.05) is 6.92 Å². The second-order valence-corrected chi connectivity index (χ2v) is 6.22. The molecular formula is C17H20N6O. The van der Waals surface area contributed by atoms with Crippen LogP contribution in [0, 0.1) is 20.8 Å². The normalized spacial score (nSPS) is 14.0. The van der Waals surface area contributed by atoms with Crippen molar-refractivity contribution in [3.05, 3.63) is 34.5 Å². The molecule has 3 aromatic rings. The first-order valence-corrected chi connectivity index (χ1v) is 8.31. The maximum atomic E-state index is 5.50. The smallest absolute Gasteiger partial charge is 0.252 e. The highest BCUT2D eigenvalue weighted by Crippen LogP contribution is 2.23. The molecule has 0 fully saturated rings. The van der Waals surface area contributed by atoms with Crippen molar-refractivity contribution in [1.82, 2.24) is 24.9 Å². The number of rotatable bonds is 3. The van der Waals surface area contributed by atoms with E-state index in [-0.39, 0.29) is 0 Å². The third-order valence-corrected chi connectivity index (χ3v) is 4.33. The van der Waals surface area contributed by atoms with Gasteiger partial charge in [-0.3, -0.25) is 0 Å². The van der Waals surface area contributed by atoms with Gasteiger partial charge in [-0.25, -0.2) is 19.9 Å². The van der Waals surface area contributed by atoms with Crippen LogP contribution in [0.2, 0.25) is 0 Å². The van der Waals surface area contributed by atoms with Crippen molar-refractivity contribution in [3.8, 4) is 0 Å². The fraction of sp³-hybridized carbons (Fsp3) is 0.471. The second-order valence-electron chi connectivity index (χ2n) is 6.22. The van der Waals surface area contributed by atoms with Gasteiger partial charge < -0.3 is 9.73 Å². The van der Waals surface area contributed by atoms with Gasteiger partial charge in [-0.1, -0.05) is 0 Å². The first-order chi connectivity index (χ1) is 11.6. The van der Waals surface area contributed by atoms with E-state index in [4.69, 9.17) is 9.40 Å². The number of fused-ring (bicyclic) bond motifs is 2. The first kappa shape index (κ1) is 15.0. The Morgan fingerprint density at radius 1 is 0.958 bits per heavy atom. The quantitative estimate of drug-likeness (QED) is 0.792. The van der Waals surface area contributed by atoms with Gasteiger partial charge in [0.2, 0.25) is 0 Å².